The van der Waals surface area contributed by atoms with E-state index >= 15 is 0 Å². The minimum atomic E-state index is -1.04. The van der Waals surface area contributed by atoms with Crippen LogP contribution in [0, 0.1) is 0 Å². The van der Waals surface area contributed by atoms with Gasteiger partial charge in [-0.15, -0.1) is 6.58 Å². The van der Waals surface area contributed by atoms with E-state index in [1.807, 2.05) is 55.5 Å². The first kappa shape index (κ1) is 23.1. The molecular weight excluding hydrogens is 404 g/mol. The normalized spacial score (nSPS) is 34.6. The lowest BCUT2D eigenvalue weighted by molar-refractivity contribution is -0.307. The van der Waals surface area contributed by atoms with Crippen LogP contribution in [0.4, 0.5) is 0 Å². The zero-order valence-corrected chi connectivity index (χ0v) is 19.0. The molecule has 0 radical (unpaired) electrons. The quantitative estimate of drug-likeness (QED) is 0.618. The SMILES string of the molecule is C=C[C@@H]1O[C@@H]2C[C@H](OCc3ccccc3)[C@@H](COCc3ccccc3)O[C@@]2(C)C[C@@]1(C)O. The van der Waals surface area contributed by atoms with Crippen molar-refractivity contribution in [3.05, 3.63) is 84.4 Å². The number of ether oxygens (including phenoxy) is 4. The van der Waals surface area contributed by atoms with Crippen molar-refractivity contribution in [1.82, 2.24) is 0 Å². The molecule has 0 bridgehead atoms. The second-order valence-corrected chi connectivity index (χ2v) is 9.36. The monoisotopic (exact) mass is 438 g/mol. The van der Waals surface area contributed by atoms with Crippen LogP contribution in [0.3, 0.4) is 0 Å². The summed E-state index contributed by atoms with van der Waals surface area (Å²) in [5, 5.41) is 10.9. The lowest BCUT2D eigenvalue weighted by Gasteiger charge is -2.55. The van der Waals surface area contributed by atoms with Gasteiger partial charge in [-0.1, -0.05) is 66.7 Å². The van der Waals surface area contributed by atoms with Crippen LogP contribution in [0.1, 0.15) is 37.8 Å². The van der Waals surface area contributed by atoms with E-state index in [1.165, 1.54) is 0 Å². The molecule has 5 heteroatoms. The molecule has 2 aliphatic heterocycles. The van der Waals surface area contributed by atoms with Gasteiger partial charge in [0.05, 0.1) is 43.2 Å². The molecule has 32 heavy (non-hydrogen) atoms. The fraction of sp³-hybridized carbons (Fsp3) is 0.481. The zero-order valence-electron chi connectivity index (χ0n) is 19.0. The van der Waals surface area contributed by atoms with Crippen molar-refractivity contribution < 1.29 is 24.1 Å². The maximum atomic E-state index is 10.9. The molecule has 2 aliphatic rings. The molecule has 6 atom stereocenters. The summed E-state index contributed by atoms with van der Waals surface area (Å²) < 4.78 is 25.2. The Morgan fingerprint density at radius 2 is 1.66 bits per heavy atom. The second-order valence-electron chi connectivity index (χ2n) is 9.36. The van der Waals surface area contributed by atoms with Crippen LogP contribution in [0.25, 0.3) is 0 Å². The highest BCUT2D eigenvalue weighted by Gasteiger charge is 2.56. The van der Waals surface area contributed by atoms with Gasteiger partial charge in [-0.3, -0.25) is 0 Å². The molecule has 0 aromatic heterocycles. The van der Waals surface area contributed by atoms with Crippen molar-refractivity contribution in [3.8, 4) is 0 Å². The Morgan fingerprint density at radius 1 is 1.03 bits per heavy atom. The van der Waals surface area contributed by atoms with Gasteiger partial charge in [-0.2, -0.15) is 0 Å². The standard InChI is InChI=1S/C27H34O5/c1-4-24-26(2,28)19-27(3)25(31-24)15-22(30-17-21-13-9-6-10-14-21)23(32-27)18-29-16-20-11-7-5-8-12-20/h4-14,22-25,28H,1,15-19H2,2-3H3/t22-,23+,24-,25+,26+,27-/m0/s1. The largest absolute Gasteiger partial charge is 0.387 e. The van der Waals surface area contributed by atoms with Gasteiger partial charge in [0.25, 0.3) is 0 Å². The maximum absolute atomic E-state index is 10.9. The lowest BCUT2D eigenvalue weighted by atomic mass is 9.75. The molecule has 5 nitrogen and oxygen atoms in total. The molecule has 2 aromatic rings. The predicted octanol–water partition coefficient (Wildman–Crippen LogP) is 4.43. The zero-order chi connectivity index (χ0) is 22.6. The van der Waals surface area contributed by atoms with Crippen molar-refractivity contribution in [1.29, 1.82) is 0 Å². The first-order valence-corrected chi connectivity index (χ1v) is 11.3. The smallest absolute Gasteiger partial charge is 0.108 e. The summed E-state index contributed by atoms with van der Waals surface area (Å²) in [6, 6.07) is 20.2. The average Bonchev–Trinajstić information content (AvgIpc) is 2.78. The minimum Gasteiger partial charge on any atom is -0.387 e. The molecule has 2 saturated heterocycles. The molecule has 172 valence electrons. The van der Waals surface area contributed by atoms with E-state index < -0.39 is 17.3 Å². The van der Waals surface area contributed by atoms with Crippen molar-refractivity contribution in [3.63, 3.8) is 0 Å². The summed E-state index contributed by atoms with van der Waals surface area (Å²) in [5.41, 5.74) is 0.560. The van der Waals surface area contributed by atoms with Gasteiger partial charge >= 0.3 is 0 Å². The lowest BCUT2D eigenvalue weighted by Crippen LogP contribution is -2.66. The molecule has 2 fully saturated rings. The number of hydrogen-bond donors (Lipinski definition) is 1. The average molecular weight is 439 g/mol. The summed E-state index contributed by atoms with van der Waals surface area (Å²) in [6.45, 7) is 9.06. The number of fused-ring (bicyclic) bond motifs is 1. The van der Waals surface area contributed by atoms with Crippen molar-refractivity contribution in [2.75, 3.05) is 6.61 Å². The van der Waals surface area contributed by atoms with Gasteiger partial charge in [0.1, 0.15) is 12.2 Å². The Labute approximate surface area is 191 Å². The first-order chi connectivity index (χ1) is 15.4. The van der Waals surface area contributed by atoms with Gasteiger partial charge in [-0.05, 0) is 25.0 Å². The highest BCUT2D eigenvalue weighted by atomic mass is 16.6. The topological polar surface area (TPSA) is 57.2 Å². The highest BCUT2D eigenvalue weighted by Crippen LogP contribution is 2.44. The van der Waals surface area contributed by atoms with E-state index in [4.69, 9.17) is 18.9 Å². The number of hydrogen-bond acceptors (Lipinski definition) is 5. The fourth-order valence-electron chi connectivity index (χ4n) is 4.87. The van der Waals surface area contributed by atoms with Crippen LogP contribution in [0.2, 0.25) is 0 Å². The third-order valence-electron chi connectivity index (χ3n) is 6.51. The Hall–Kier alpha value is -2.02. The molecular formula is C27H34O5. The molecule has 1 N–H and O–H groups in total. The molecule has 0 unspecified atom stereocenters. The van der Waals surface area contributed by atoms with Gasteiger partial charge in [0, 0.05) is 12.8 Å². The first-order valence-electron chi connectivity index (χ1n) is 11.3. The summed E-state index contributed by atoms with van der Waals surface area (Å²) in [6.07, 6.45) is 1.72. The van der Waals surface area contributed by atoms with Crippen LogP contribution in [-0.4, -0.2) is 47.3 Å². The number of rotatable bonds is 8. The molecule has 0 saturated carbocycles. The van der Waals surface area contributed by atoms with Gasteiger partial charge in [0.15, 0.2) is 0 Å². The van der Waals surface area contributed by atoms with Crippen LogP contribution in [0.5, 0.6) is 0 Å². The van der Waals surface area contributed by atoms with Crippen molar-refractivity contribution in [2.24, 2.45) is 0 Å². The summed E-state index contributed by atoms with van der Waals surface area (Å²) in [5.74, 6) is 0. The summed E-state index contributed by atoms with van der Waals surface area (Å²) in [4.78, 5) is 0. The molecule has 4 rings (SSSR count). The van der Waals surface area contributed by atoms with E-state index in [1.54, 1.807) is 13.0 Å². The Kier molecular flexibility index (Phi) is 7.13. The Bertz CT molecular complexity index is 868. The van der Waals surface area contributed by atoms with E-state index in [9.17, 15) is 5.11 Å². The second kappa shape index (κ2) is 9.86. The van der Waals surface area contributed by atoms with Crippen molar-refractivity contribution in [2.45, 2.75) is 75.5 Å². The van der Waals surface area contributed by atoms with Gasteiger partial charge in [0.2, 0.25) is 0 Å². The number of aliphatic hydroxyl groups is 1. The minimum absolute atomic E-state index is 0.183. The Morgan fingerprint density at radius 3 is 2.28 bits per heavy atom. The predicted molar refractivity (Wildman–Crippen MR) is 123 cm³/mol. The molecule has 0 aliphatic carbocycles. The summed E-state index contributed by atoms with van der Waals surface area (Å²) in [7, 11) is 0. The molecule has 2 aromatic carbocycles. The van der Waals surface area contributed by atoms with Gasteiger partial charge < -0.3 is 24.1 Å². The molecule has 0 spiro atoms. The van der Waals surface area contributed by atoms with Crippen LogP contribution >= 0.6 is 0 Å². The molecule has 0 amide bonds. The number of benzene rings is 2. The maximum Gasteiger partial charge on any atom is 0.108 e. The third-order valence-corrected chi connectivity index (χ3v) is 6.51. The van der Waals surface area contributed by atoms with E-state index in [0.717, 1.165) is 11.1 Å². The van der Waals surface area contributed by atoms with Crippen LogP contribution in [-0.2, 0) is 32.2 Å². The van der Waals surface area contributed by atoms with Crippen LogP contribution in [0.15, 0.2) is 73.3 Å². The van der Waals surface area contributed by atoms with Crippen molar-refractivity contribution >= 4 is 0 Å². The summed E-state index contributed by atoms with van der Waals surface area (Å²) >= 11 is 0. The van der Waals surface area contributed by atoms with E-state index in [-0.39, 0.29) is 18.3 Å². The molecule has 2 heterocycles. The highest BCUT2D eigenvalue weighted by molar-refractivity contribution is 5.15. The Balaban J connectivity index is 1.47. The third kappa shape index (κ3) is 5.30. The van der Waals surface area contributed by atoms with Gasteiger partial charge in [-0.25, -0.2) is 0 Å². The van der Waals surface area contributed by atoms with Crippen LogP contribution < -0.4 is 0 Å². The fourth-order valence-corrected chi connectivity index (χ4v) is 4.87. The van der Waals surface area contributed by atoms with E-state index in [0.29, 0.717) is 32.7 Å². The van der Waals surface area contributed by atoms with E-state index in [2.05, 4.69) is 18.7 Å².